The van der Waals surface area contributed by atoms with E-state index in [1.54, 1.807) is 6.07 Å². The predicted molar refractivity (Wildman–Crippen MR) is 93.9 cm³/mol. The van der Waals surface area contributed by atoms with Gasteiger partial charge in [-0.15, -0.1) is 0 Å². The third-order valence-electron chi connectivity index (χ3n) is 4.53. The van der Waals surface area contributed by atoms with Gasteiger partial charge >= 0.3 is 0 Å². The minimum absolute atomic E-state index is 0.130. The molecule has 2 aromatic carbocycles. The van der Waals surface area contributed by atoms with E-state index in [-0.39, 0.29) is 17.1 Å². The van der Waals surface area contributed by atoms with Gasteiger partial charge in [0.1, 0.15) is 11.6 Å². The molecule has 26 heavy (non-hydrogen) atoms. The van der Waals surface area contributed by atoms with Gasteiger partial charge in [0, 0.05) is 12.1 Å². The van der Waals surface area contributed by atoms with Crippen LogP contribution in [0.3, 0.4) is 0 Å². The van der Waals surface area contributed by atoms with Crippen LogP contribution in [0.25, 0.3) is 16.6 Å². The first kappa shape index (κ1) is 16.3. The molecular formula is C18H15FN4O3. The predicted octanol–water partition coefficient (Wildman–Crippen LogP) is 2.86. The molecule has 0 radical (unpaired) electrons. The van der Waals surface area contributed by atoms with Gasteiger partial charge in [-0.3, -0.25) is 19.5 Å². The Labute approximate surface area is 147 Å². The average Bonchev–Trinajstić information content (AvgIpc) is 3.15. The lowest BCUT2D eigenvalue weighted by Crippen LogP contribution is -2.28. The molecular weight excluding hydrogens is 339 g/mol. The number of nitrogens with one attached hydrogen (secondary N) is 1. The summed E-state index contributed by atoms with van der Waals surface area (Å²) < 4.78 is 15.1. The summed E-state index contributed by atoms with van der Waals surface area (Å²) in [5.41, 5.74) is 0.0958. The Bertz CT molecular complexity index is 1070. The number of nitro groups is 1. The summed E-state index contributed by atoms with van der Waals surface area (Å²) >= 11 is 0. The van der Waals surface area contributed by atoms with Crippen molar-refractivity contribution in [3.8, 4) is 5.69 Å². The fourth-order valence-electron chi connectivity index (χ4n) is 3.31. The van der Waals surface area contributed by atoms with Crippen molar-refractivity contribution in [2.45, 2.75) is 18.9 Å². The summed E-state index contributed by atoms with van der Waals surface area (Å²) in [5.74, 6) is 0.0123. The van der Waals surface area contributed by atoms with Gasteiger partial charge < -0.3 is 5.32 Å². The van der Waals surface area contributed by atoms with E-state index in [1.165, 1.54) is 41.0 Å². The Morgan fingerprint density at radius 1 is 1.27 bits per heavy atom. The lowest BCUT2D eigenvalue weighted by Gasteiger charge is -2.18. The summed E-state index contributed by atoms with van der Waals surface area (Å²) in [6, 6.07) is 9.56. The standard InChI is InChI=1S/C18H15FN4O3/c19-11-3-1-4-12(9-11)22-17(16-5-2-8-20-16)21-15-7-6-13(23(25)26)10-14(15)18(22)24/h1,3-4,6-7,9-10,16,20H,2,5,8H2. The largest absolute Gasteiger partial charge is 0.307 e. The molecule has 1 aliphatic heterocycles. The van der Waals surface area contributed by atoms with Crippen molar-refractivity contribution in [2.24, 2.45) is 0 Å². The van der Waals surface area contributed by atoms with Crippen LogP contribution in [0.4, 0.5) is 10.1 Å². The number of aromatic nitrogens is 2. The normalized spacial score (nSPS) is 16.9. The van der Waals surface area contributed by atoms with Crippen molar-refractivity contribution in [1.82, 2.24) is 14.9 Å². The lowest BCUT2D eigenvalue weighted by atomic mass is 10.1. The third-order valence-corrected chi connectivity index (χ3v) is 4.53. The maximum absolute atomic E-state index is 13.7. The van der Waals surface area contributed by atoms with E-state index in [9.17, 15) is 19.3 Å². The molecule has 1 saturated heterocycles. The van der Waals surface area contributed by atoms with Gasteiger partial charge in [0.05, 0.1) is 27.6 Å². The second kappa shape index (κ2) is 6.30. The van der Waals surface area contributed by atoms with E-state index >= 15 is 0 Å². The number of nitrogens with zero attached hydrogens (tertiary/aromatic N) is 3. The van der Waals surface area contributed by atoms with Crippen LogP contribution < -0.4 is 10.9 Å². The van der Waals surface area contributed by atoms with Gasteiger partial charge in [0.15, 0.2) is 0 Å². The summed E-state index contributed by atoms with van der Waals surface area (Å²) in [6.45, 7) is 0.808. The van der Waals surface area contributed by atoms with E-state index in [2.05, 4.69) is 10.3 Å². The molecule has 0 bridgehead atoms. The summed E-state index contributed by atoms with van der Waals surface area (Å²) in [4.78, 5) is 28.2. The Morgan fingerprint density at radius 2 is 2.12 bits per heavy atom. The Balaban J connectivity index is 2.04. The molecule has 3 aromatic rings. The van der Waals surface area contributed by atoms with Crippen LogP contribution in [0.2, 0.25) is 0 Å². The molecule has 1 fully saturated rings. The first-order valence-electron chi connectivity index (χ1n) is 8.25. The number of hydrogen-bond acceptors (Lipinski definition) is 5. The Hall–Kier alpha value is -3.13. The number of halogens is 1. The molecule has 0 aliphatic carbocycles. The number of non-ortho nitro benzene ring substituents is 1. The molecule has 132 valence electrons. The first-order valence-corrected chi connectivity index (χ1v) is 8.25. The fourth-order valence-corrected chi connectivity index (χ4v) is 3.31. The van der Waals surface area contributed by atoms with Gasteiger partial charge in [-0.25, -0.2) is 9.37 Å². The van der Waals surface area contributed by atoms with Crippen molar-refractivity contribution >= 4 is 16.6 Å². The van der Waals surface area contributed by atoms with E-state index in [4.69, 9.17) is 0 Å². The molecule has 7 nitrogen and oxygen atoms in total. The van der Waals surface area contributed by atoms with Crippen LogP contribution in [-0.4, -0.2) is 21.0 Å². The number of nitro benzene ring substituents is 1. The highest BCUT2D eigenvalue weighted by Crippen LogP contribution is 2.26. The molecule has 4 rings (SSSR count). The molecule has 1 unspecified atom stereocenters. The van der Waals surface area contributed by atoms with Crippen molar-refractivity contribution in [2.75, 3.05) is 6.54 Å². The van der Waals surface area contributed by atoms with E-state index < -0.39 is 16.3 Å². The van der Waals surface area contributed by atoms with Crippen LogP contribution in [0.15, 0.2) is 47.3 Å². The Kier molecular flexibility index (Phi) is 3.96. The summed E-state index contributed by atoms with van der Waals surface area (Å²) in [5, 5.41) is 14.5. The lowest BCUT2D eigenvalue weighted by molar-refractivity contribution is -0.384. The Morgan fingerprint density at radius 3 is 2.81 bits per heavy atom. The molecule has 1 atom stereocenters. The highest BCUT2D eigenvalue weighted by molar-refractivity contribution is 5.80. The topological polar surface area (TPSA) is 90.1 Å². The van der Waals surface area contributed by atoms with Gasteiger partial charge in [-0.1, -0.05) is 6.07 Å². The minimum atomic E-state index is -0.558. The van der Waals surface area contributed by atoms with Gasteiger partial charge in [-0.05, 0) is 43.7 Å². The van der Waals surface area contributed by atoms with Crippen molar-refractivity contribution in [1.29, 1.82) is 0 Å². The van der Waals surface area contributed by atoms with E-state index in [0.29, 0.717) is 17.0 Å². The van der Waals surface area contributed by atoms with Gasteiger partial charge in [0.2, 0.25) is 0 Å². The van der Waals surface area contributed by atoms with Crippen molar-refractivity contribution in [3.63, 3.8) is 0 Å². The molecule has 0 amide bonds. The summed E-state index contributed by atoms with van der Waals surface area (Å²) in [6.07, 6.45) is 1.75. The molecule has 0 spiro atoms. The van der Waals surface area contributed by atoms with Gasteiger partial charge in [0.25, 0.3) is 11.2 Å². The van der Waals surface area contributed by atoms with Crippen molar-refractivity contribution < 1.29 is 9.31 Å². The SMILES string of the molecule is O=c1c2cc([N+](=O)[O-])ccc2nc(C2CCCN2)n1-c1cccc(F)c1. The van der Waals surface area contributed by atoms with E-state index in [0.717, 1.165) is 19.4 Å². The molecule has 1 aromatic heterocycles. The van der Waals surface area contributed by atoms with Crippen molar-refractivity contribution in [3.05, 3.63) is 74.6 Å². The molecule has 1 N–H and O–H groups in total. The number of fused-ring (bicyclic) bond motifs is 1. The highest BCUT2D eigenvalue weighted by atomic mass is 19.1. The smallest absolute Gasteiger partial charge is 0.270 e. The van der Waals surface area contributed by atoms with Crippen LogP contribution in [0.1, 0.15) is 24.7 Å². The maximum Gasteiger partial charge on any atom is 0.270 e. The molecule has 0 saturated carbocycles. The maximum atomic E-state index is 13.7. The van der Waals surface area contributed by atoms with Crippen LogP contribution in [0, 0.1) is 15.9 Å². The monoisotopic (exact) mass is 354 g/mol. The quantitative estimate of drug-likeness (QED) is 0.577. The van der Waals surface area contributed by atoms with Crippen LogP contribution in [0.5, 0.6) is 0 Å². The minimum Gasteiger partial charge on any atom is -0.307 e. The third kappa shape index (κ3) is 2.74. The fraction of sp³-hybridized carbons (Fsp3) is 0.222. The van der Waals surface area contributed by atoms with Crippen LogP contribution in [-0.2, 0) is 0 Å². The number of hydrogen-bond donors (Lipinski definition) is 1. The second-order valence-electron chi connectivity index (χ2n) is 6.20. The second-order valence-corrected chi connectivity index (χ2v) is 6.20. The van der Waals surface area contributed by atoms with Crippen LogP contribution >= 0.6 is 0 Å². The zero-order valence-corrected chi connectivity index (χ0v) is 13.7. The highest BCUT2D eigenvalue weighted by Gasteiger charge is 2.24. The number of benzene rings is 2. The molecule has 1 aliphatic rings. The molecule has 8 heteroatoms. The first-order chi connectivity index (χ1) is 12.5. The zero-order valence-electron chi connectivity index (χ0n) is 13.7. The zero-order chi connectivity index (χ0) is 18.3. The van der Waals surface area contributed by atoms with Gasteiger partial charge in [-0.2, -0.15) is 0 Å². The average molecular weight is 354 g/mol. The molecule has 2 heterocycles. The summed E-state index contributed by atoms with van der Waals surface area (Å²) in [7, 11) is 0. The number of rotatable bonds is 3. The van der Waals surface area contributed by atoms with E-state index in [1.807, 2.05) is 0 Å².